The number of hydrogen-bond acceptors (Lipinski definition) is 3. The minimum Gasteiger partial charge on any atom is -0.457 e. The van der Waals surface area contributed by atoms with Crippen LogP contribution in [0.5, 0.6) is 11.5 Å². The van der Waals surface area contributed by atoms with Crippen LogP contribution in [-0.2, 0) is 9.59 Å². The fourth-order valence-electron chi connectivity index (χ4n) is 2.68. The number of hydrogen-bond donors (Lipinski definition) is 2. The van der Waals surface area contributed by atoms with Crippen LogP contribution in [0.25, 0.3) is 6.08 Å². The van der Waals surface area contributed by atoms with Crippen LogP contribution in [0, 0.1) is 6.92 Å². The second kappa shape index (κ2) is 9.37. The molecular formula is C24H22N2O3. The third-order valence-corrected chi connectivity index (χ3v) is 4.13. The predicted molar refractivity (Wildman–Crippen MR) is 115 cm³/mol. The van der Waals surface area contributed by atoms with Gasteiger partial charge in [0.05, 0.1) is 0 Å². The lowest BCUT2D eigenvalue weighted by Crippen LogP contribution is -2.29. The van der Waals surface area contributed by atoms with Gasteiger partial charge in [-0.15, -0.1) is 0 Å². The number of aryl methyl sites for hydroxylation is 1. The number of amides is 2. The van der Waals surface area contributed by atoms with Gasteiger partial charge in [-0.3, -0.25) is 9.59 Å². The summed E-state index contributed by atoms with van der Waals surface area (Å²) in [5.74, 6) is 0.678. The van der Waals surface area contributed by atoms with Gasteiger partial charge in [0.1, 0.15) is 17.2 Å². The first-order chi connectivity index (χ1) is 14.0. The van der Waals surface area contributed by atoms with Crippen LogP contribution in [0.3, 0.4) is 0 Å². The number of rotatable bonds is 6. The molecular weight excluding hydrogens is 364 g/mol. The Hall–Kier alpha value is -3.86. The highest BCUT2D eigenvalue weighted by Gasteiger charge is 2.12. The molecule has 0 heterocycles. The van der Waals surface area contributed by atoms with E-state index in [4.69, 9.17) is 4.74 Å². The normalized spacial score (nSPS) is 10.9. The Kier molecular flexibility index (Phi) is 6.43. The number of nitrogens with one attached hydrogen (secondary N) is 2. The van der Waals surface area contributed by atoms with Crippen molar-refractivity contribution in [3.05, 3.63) is 95.7 Å². The van der Waals surface area contributed by atoms with Crippen LogP contribution >= 0.6 is 0 Å². The standard InChI is InChI=1S/C24H22N2O3/c1-17-8-6-7-9-19(17)16-23(25-18(2)27)24(28)26-20-12-14-22(15-13-20)29-21-10-4-3-5-11-21/h3-16H,1-2H3,(H,25,27)(H,26,28)/b23-16+. The average molecular weight is 386 g/mol. The van der Waals surface area contributed by atoms with Gasteiger partial charge in [-0.25, -0.2) is 0 Å². The van der Waals surface area contributed by atoms with Gasteiger partial charge >= 0.3 is 0 Å². The van der Waals surface area contributed by atoms with Gasteiger partial charge in [0.2, 0.25) is 5.91 Å². The Labute approximate surface area is 170 Å². The van der Waals surface area contributed by atoms with Crippen LogP contribution in [0.1, 0.15) is 18.1 Å². The zero-order valence-electron chi connectivity index (χ0n) is 16.3. The lowest BCUT2D eigenvalue weighted by Gasteiger charge is -2.11. The number of benzene rings is 3. The van der Waals surface area contributed by atoms with Crippen molar-refractivity contribution in [2.24, 2.45) is 0 Å². The lowest BCUT2D eigenvalue weighted by molar-refractivity contribution is -0.120. The summed E-state index contributed by atoms with van der Waals surface area (Å²) in [6.07, 6.45) is 1.67. The summed E-state index contributed by atoms with van der Waals surface area (Å²) in [7, 11) is 0. The van der Waals surface area contributed by atoms with E-state index >= 15 is 0 Å². The molecule has 3 aromatic rings. The molecule has 0 unspecified atom stereocenters. The molecule has 0 aliphatic rings. The van der Waals surface area contributed by atoms with Crippen molar-refractivity contribution in [3.8, 4) is 11.5 Å². The van der Waals surface area contributed by atoms with Crippen molar-refractivity contribution in [1.29, 1.82) is 0 Å². The molecule has 0 fully saturated rings. The van der Waals surface area contributed by atoms with Crippen molar-refractivity contribution >= 4 is 23.6 Å². The molecule has 0 aliphatic heterocycles. The monoisotopic (exact) mass is 386 g/mol. The number of para-hydroxylation sites is 1. The van der Waals surface area contributed by atoms with Crippen LogP contribution < -0.4 is 15.4 Å². The van der Waals surface area contributed by atoms with Crippen molar-refractivity contribution in [3.63, 3.8) is 0 Å². The number of anilines is 1. The van der Waals surface area contributed by atoms with Gasteiger partial charge in [0, 0.05) is 12.6 Å². The molecule has 3 aromatic carbocycles. The van der Waals surface area contributed by atoms with E-state index in [0.29, 0.717) is 11.4 Å². The zero-order chi connectivity index (χ0) is 20.6. The maximum absolute atomic E-state index is 12.7. The highest BCUT2D eigenvalue weighted by Crippen LogP contribution is 2.23. The van der Waals surface area contributed by atoms with Crippen LogP contribution in [0.2, 0.25) is 0 Å². The van der Waals surface area contributed by atoms with E-state index in [1.165, 1.54) is 6.92 Å². The Balaban J connectivity index is 1.74. The third-order valence-electron chi connectivity index (χ3n) is 4.13. The van der Waals surface area contributed by atoms with Crippen LogP contribution in [0.15, 0.2) is 84.6 Å². The molecule has 0 bridgehead atoms. The minimum atomic E-state index is -0.403. The molecule has 5 heteroatoms. The first-order valence-electron chi connectivity index (χ1n) is 9.20. The average Bonchev–Trinajstić information content (AvgIpc) is 2.71. The summed E-state index contributed by atoms with van der Waals surface area (Å²) >= 11 is 0. The largest absolute Gasteiger partial charge is 0.457 e. The lowest BCUT2D eigenvalue weighted by atomic mass is 10.1. The molecule has 146 valence electrons. The van der Waals surface area contributed by atoms with Crippen LogP contribution in [-0.4, -0.2) is 11.8 Å². The Bertz CT molecular complexity index is 1030. The van der Waals surface area contributed by atoms with Crippen LogP contribution in [0.4, 0.5) is 5.69 Å². The molecule has 2 N–H and O–H groups in total. The Morgan fingerprint density at radius 2 is 1.45 bits per heavy atom. The van der Waals surface area contributed by atoms with E-state index in [-0.39, 0.29) is 11.6 Å². The van der Waals surface area contributed by atoms with Crippen molar-refractivity contribution in [2.45, 2.75) is 13.8 Å². The molecule has 0 spiro atoms. The molecule has 29 heavy (non-hydrogen) atoms. The molecule has 0 radical (unpaired) electrons. The molecule has 0 saturated heterocycles. The highest BCUT2D eigenvalue weighted by molar-refractivity contribution is 6.08. The fraction of sp³-hybridized carbons (Fsp3) is 0.0833. The fourth-order valence-corrected chi connectivity index (χ4v) is 2.68. The molecule has 0 aromatic heterocycles. The number of ether oxygens (including phenoxy) is 1. The molecule has 3 rings (SSSR count). The van der Waals surface area contributed by atoms with Gasteiger partial charge < -0.3 is 15.4 Å². The van der Waals surface area contributed by atoms with E-state index in [9.17, 15) is 9.59 Å². The van der Waals surface area contributed by atoms with Crippen molar-refractivity contribution in [2.75, 3.05) is 5.32 Å². The summed E-state index contributed by atoms with van der Waals surface area (Å²) in [4.78, 5) is 24.3. The molecule has 0 atom stereocenters. The summed E-state index contributed by atoms with van der Waals surface area (Å²) in [6, 6.07) is 24.1. The van der Waals surface area contributed by atoms with E-state index in [2.05, 4.69) is 10.6 Å². The van der Waals surface area contributed by atoms with Gasteiger partial charge in [-0.05, 0) is 60.5 Å². The maximum Gasteiger partial charge on any atom is 0.272 e. The molecule has 5 nitrogen and oxygen atoms in total. The SMILES string of the molecule is CC(=O)N/C(=C/c1ccccc1C)C(=O)Nc1ccc(Oc2ccccc2)cc1. The predicted octanol–water partition coefficient (Wildman–Crippen LogP) is 4.90. The topological polar surface area (TPSA) is 67.4 Å². The van der Waals surface area contributed by atoms with Crippen molar-refractivity contribution < 1.29 is 14.3 Å². The summed E-state index contributed by atoms with van der Waals surface area (Å²) in [6.45, 7) is 3.31. The first-order valence-corrected chi connectivity index (χ1v) is 9.20. The minimum absolute atomic E-state index is 0.177. The Morgan fingerprint density at radius 1 is 0.828 bits per heavy atom. The second-order valence-corrected chi connectivity index (χ2v) is 6.49. The smallest absolute Gasteiger partial charge is 0.272 e. The third kappa shape index (κ3) is 5.81. The summed E-state index contributed by atoms with van der Waals surface area (Å²) in [5, 5.41) is 5.41. The van der Waals surface area contributed by atoms with Crippen molar-refractivity contribution in [1.82, 2.24) is 5.32 Å². The van der Waals surface area contributed by atoms with Gasteiger partial charge in [-0.1, -0.05) is 42.5 Å². The van der Waals surface area contributed by atoms with E-state index in [1.54, 1.807) is 30.3 Å². The molecule has 2 amide bonds. The van der Waals surface area contributed by atoms with Gasteiger partial charge in [-0.2, -0.15) is 0 Å². The summed E-state index contributed by atoms with van der Waals surface area (Å²) < 4.78 is 5.75. The maximum atomic E-state index is 12.7. The van der Waals surface area contributed by atoms with Gasteiger partial charge in [0.25, 0.3) is 5.91 Å². The van der Waals surface area contributed by atoms with Gasteiger partial charge in [0.15, 0.2) is 0 Å². The van der Waals surface area contributed by atoms with E-state index in [0.717, 1.165) is 16.9 Å². The Morgan fingerprint density at radius 3 is 2.10 bits per heavy atom. The highest BCUT2D eigenvalue weighted by atomic mass is 16.5. The zero-order valence-corrected chi connectivity index (χ0v) is 16.3. The van der Waals surface area contributed by atoms with E-state index in [1.807, 2.05) is 61.5 Å². The number of carbonyl (C=O) groups is 2. The van der Waals surface area contributed by atoms with E-state index < -0.39 is 5.91 Å². The second-order valence-electron chi connectivity index (χ2n) is 6.49. The number of carbonyl (C=O) groups excluding carboxylic acids is 2. The first kappa shape index (κ1) is 19.9. The molecule has 0 aliphatic carbocycles. The molecule has 0 saturated carbocycles. The summed E-state index contributed by atoms with van der Waals surface area (Å²) in [5.41, 5.74) is 2.64. The quantitative estimate of drug-likeness (QED) is 0.592.